The lowest BCUT2D eigenvalue weighted by atomic mass is 9.99. The number of hydrogen-bond donors (Lipinski definition) is 1. The van der Waals surface area contributed by atoms with Crippen LogP contribution in [-0.4, -0.2) is 27.9 Å². The molecule has 96 valence electrons. The summed E-state index contributed by atoms with van der Waals surface area (Å²) in [7, 11) is 2.07. The molecule has 0 amide bonds. The first kappa shape index (κ1) is 12.6. The topological polar surface area (TPSA) is 42.7 Å². The van der Waals surface area contributed by atoms with Crippen LogP contribution in [0, 0.1) is 11.8 Å². The van der Waals surface area contributed by atoms with E-state index in [1.165, 1.54) is 19.3 Å². The summed E-state index contributed by atoms with van der Waals surface area (Å²) in [4.78, 5) is 4.43. The second-order valence-electron chi connectivity index (χ2n) is 5.54. The number of hydrogen-bond acceptors (Lipinski definition) is 3. The third kappa shape index (κ3) is 3.06. The average molecular weight is 236 g/mol. The standard InChI is InChI=1S/C13H24N4/c1-10(2)8-17-13(15-9-16-17)7-11-5-4-6-12(11)14-3/h9-12,14H,4-8H2,1-3H3. The van der Waals surface area contributed by atoms with Crippen molar-refractivity contribution in [2.45, 2.75) is 52.1 Å². The van der Waals surface area contributed by atoms with Gasteiger partial charge >= 0.3 is 0 Å². The van der Waals surface area contributed by atoms with Crippen molar-refractivity contribution in [2.24, 2.45) is 11.8 Å². The maximum absolute atomic E-state index is 4.43. The normalized spacial score (nSPS) is 24.7. The minimum absolute atomic E-state index is 0.624. The van der Waals surface area contributed by atoms with Gasteiger partial charge in [-0.3, -0.25) is 0 Å². The van der Waals surface area contributed by atoms with Gasteiger partial charge in [-0.1, -0.05) is 20.3 Å². The smallest absolute Gasteiger partial charge is 0.138 e. The van der Waals surface area contributed by atoms with Crippen molar-refractivity contribution in [3.63, 3.8) is 0 Å². The van der Waals surface area contributed by atoms with Gasteiger partial charge < -0.3 is 5.32 Å². The molecule has 1 aliphatic carbocycles. The van der Waals surface area contributed by atoms with Crippen LogP contribution in [-0.2, 0) is 13.0 Å². The molecule has 2 unspecified atom stereocenters. The quantitative estimate of drug-likeness (QED) is 0.848. The molecular weight excluding hydrogens is 212 g/mol. The van der Waals surface area contributed by atoms with E-state index in [0.29, 0.717) is 12.0 Å². The van der Waals surface area contributed by atoms with Crippen molar-refractivity contribution >= 4 is 0 Å². The molecule has 17 heavy (non-hydrogen) atoms. The van der Waals surface area contributed by atoms with Crippen molar-refractivity contribution in [3.05, 3.63) is 12.2 Å². The molecule has 0 spiro atoms. The van der Waals surface area contributed by atoms with Crippen molar-refractivity contribution < 1.29 is 0 Å². The molecule has 1 heterocycles. The fraction of sp³-hybridized carbons (Fsp3) is 0.846. The highest BCUT2D eigenvalue weighted by Crippen LogP contribution is 2.28. The summed E-state index contributed by atoms with van der Waals surface area (Å²) >= 11 is 0. The second-order valence-corrected chi connectivity index (χ2v) is 5.54. The zero-order valence-corrected chi connectivity index (χ0v) is 11.2. The van der Waals surface area contributed by atoms with Crippen LogP contribution in [0.25, 0.3) is 0 Å². The predicted molar refractivity (Wildman–Crippen MR) is 68.8 cm³/mol. The Morgan fingerprint density at radius 3 is 3.00 bits per heavy atom. The van der Waals surface area contributed by atoms with Crippen molar-refractivity contribution in [1.82, 2.24) is 20.1 Å². The molecule has 1 N–H and O–H groups in total. The van der Waals surface area contributed by atoms with Gasteiger partial charge in [-0.2, -0.15) is 5.10 Å². The van der Waals surface area contributed by atoms with Crippen molar-refractivity contribution in [2.75, 3.05) is 7.05 Å². The Labute approximate surface area is 104 Å². The van der Waals surface area contributed by atoms with Gasteiger partial charge in [-0.05, 0) is 31.7 Å². The predicted octanol–water partition coefficient (Wildman–Crippen LogP) is 1.86. The Kier molecular flexibility index (Phi) is 4.15. The lowest BCUT2D eigenvalue weighted by molar-refractivity contribution is 0.394. The van der Waals surface area contributed by atoms with Crippen molar-refractivity contribution in [3.8, 4) is 0 Å². The van der Waals surface area contributed by atoms with Crippen LogP contribution in [0.15, 0.2) is 6.33 Å². The lowest BCUT2D eigenvalue weighted by Gasteiger charge is -2.19. The first-order chi connectivity index (χ1) is 8.20. The zero-order chi connectivity index (χ0) is 12.3. The van der Waals surface area contributed by atoms with Crippen LogP contribution in [0.2, 0.25) is 0 Å². The fourth-order valence-corrected chi connectivity index (χ4v) is 2.84. The summed E-state index contributed by atoms with van der Waals surface area (Å²) in [6.45, 7) is 5.42. The van der Waals surface area contributed by atoms with E-state index in [-0.39, 0.29) is 0 Å². The minimum atomic E-state index is 0.624. The van der Waals surface area contributed by atoms with E-state index >= 15 is 0 Å². The third-order valence-corrected chi connectivity index (χ3v) is 3.71. The van der Waals surface area contributed by atoms with Gasteiger partial charge in [0.1, 0.15) is 12.2 Å². The third-order valence-electron chi connectivity index (χ3n) is 3.71. The summed E-state index contributed by atoms with van der Waals surface area (Å²) in [5.41, 5.74) is 0. The molecule has 1 aromatic rings. The zero-order valence-electron chi connectivity index (χ0n) is 11.2. The molecule has 0 bridgehead atoms. The van der Waals surface area contributed by atoms with E-state index in [4.69, 9.17) is 0 Å². The van der Waals surface area contributed by atoms with Crippen LogP contribution >= 0.6 is 0 Å². The number of aromatic nitrogens is 3. The molecule has 4 nitrogen and oxygen atoms in total. The molecular formula is C13H24N4. The first-order valence-corrected chi connectivity index (χ1v) is 6.74. The van der Waals surface area contributed by atoms with Crippen LogP contribution in [0.5, 0.6) is 0 Å². The Balaban J connectivity index is 2.00. The highest BCUT2D eigenvalue weighted by atomic mass is 15.3. The summed E-state index contributed by atoms with van der Waals surface area (Å²) in [6.07, 6.45) is 6.73. The minimum Gasteiger partial charge on any atom is -0.317 e. The Hall–Kier alpha value is -0.900. The van der Waals surface area contributed by atoms with E-state index in [2.05, 4.69) is 41.0 Å². The molecule has 2 atom stereocenters. The summed E-state index contributed by atoms with van der Waals surface area (Å²) in [5, 5.41) is 7.76. The van der Waals surface area contributed by atoms with E-state index in [1.54, 1.807) is 6.33 Å². The highest BCUT2D eigenvalue weighted by molar-refractivity contribution is 4.93. The van der Waals surface area contributed by atoms with E-state index < -0.39 is 0 Å². The number of nitrogens with zero attached hydrogens (tertiary/aromatic N) is 3. The molecule has 1 saturated carbocycles. The SMILES string of the molecule is CNC1CCCC1Cc1ncnn1CC(C)C. The van der Waals surface area contributed by atoms with Gasteiger partial charge in [0, 0.05) is 19.0 Å². The van der Waals surface area contributed by atoms with Crippen molar-refractivity contribution in [1.29, 1.82) is 0 Å². The van der Waals surface area contributed by atoms with Crippen LogP contribution in [0.3, 0.4) is 0 Å². The van der Waals surface area contributed by atoms with E-state index in [1.807, 2.05) is 0 Å². The average Bonchev–Trinajstić information content (AvgIpc) is 2.88. The monoisotopic (exact) mass is 236 g/mol. The molecule has 1 aliphatic rings. The maximum Gasteiger partial charge on any atom is 0.138 e. The van der Waals surface area contributed by atoms with Gasteiger partial charge in [0.2, 0.25) is 0 Å². The Morgan fingerprint density at radius 2 is 2.29 bits per heavy atom. The first-order valence-electron chi connectivity index (χ1n) is 6.74. The second kappa shape index (κ2) is 5.63. The highest BCUT2D eigenvalue weighted by Gasteiger charge is 2.27. The van der Waals surface area contributed by atoms with Crippen LogP contribution in [0.1, 0.15) is 38.9 Å². The molecule has 0 radical (unpaired) electrons. The van der Waals surface area contributed by atoms with Gasteiger partial charge in [0.05, 0.1) is 0 Å². The molecule has 0 saturated heterocycles. The Bertz CT molecular complexity index is 345. The summed E-state index contributed by atoms with van der Waals surface area (Å²) in [6, 6.07) is 0.666. The van der Waals surface area contributed by atoms with Gasteiger partial charge in [-0.25, -0.2) is 9.67 Å². The molecule has 1 fully saturated rings. The largest absolute Gasteiger partial charge is 0.317 e. The van der Waals surface area contributed by atoms with Gasteiger partial charge in [0.25, 0.3) is 0 Å². The fourth-order valence-electron chi connectivity index (χ4n) is 2.84. The lowest BCUT2D eigenvalue weighted by Crippen LogP contribution is -2.30. The molecule has 0 aliphatic heterocycles. The van der Waals surface area contributed by atoms with E-state index in [0.717, 1.165) is 24.7 Å². The molecule has 4 heteroatoms. The van der Waals surface area contributed by atoms with Crippen LogP contribution < -0.4 is 5.32 Å². The summed E-state index contributed by atoms with van der Waals surface area (Å²) in [5.74, 6) is 2.51. The molecule has 2 rings (SSSR count). The van der Waals surface area contributed by atoms with E-state index in [9.17, 15) is 0 Å². The summed E-state index contributed by atoms with van der Waals surface area (Å²) < 4.78 is 2.08. The van der Waals surface area contributed by atoms with Gasteiger partial charge in [-0.15, -0.1) is 0 Å². The van der Waals surface area contributed by atoms with Gasteiger partial charge in [0.15, 0.2) is 0 Å². The Morgan fingerprint density at radius 1 is 1.47 bits per heavy atom. The number of rotatable bonds is 5. The molecule has 0 aromatic carbocycles. The number of nitrogens with one attached hydrogen (secondary N) is 1. The van der Waals surface area contributed by atoms with Crippen LogP contribution in [0.4, 0.5) is 0 Å². The maximum atomic E-state index is 4.43. The molecule has 1 aromatic heterocycles.